The average molecular weight is 297 g/mol. The lowest BCUT2D eigenvalue weighted by atomic mass is 10.0. The molecule has 0 amide bonds. The molecule has 0 aliphatic rings. The van der Waals surface area contributed by atoms with Gasteiger partial charge in [-0.05, 0) is 12.1 Å². The van der Waals surface area contributed by atoms with Gasteiger partial charge in [-0.3, -0.25) is 19.7 Å². The fourth-order valence-electron chi connectivity index (χ4n) is 1.27. The van der Waals surface area contributed by atoms with Crippen LogP contribution in [0.2, 0.25) is 0 Å². The van der Waals surface area contributed by atoms with Gasteiger partial charge in [0.2, 0.25) is 0 Å². The fourth-order valence-corrected chi connectivity index (χ4v) is 1.60. The lowest BCUT2D eigenvalue weighted by Crippen LogP contribution is -2.05. The van der Waals surface area contributed by atoms with Gasteiger partial charge in [0, 0.05) is 5.56 Å². The van der Waals surface area contributed by atoms with E-state index in [9.17, 15) is 19.7 Å². The van der Waals surface area contributed by atoms with Gasteiger partial charge in [0.25, 0.3) is 5.69 Å². The fraction of sp³-hybridized carbons (Fsp3) is 0.100. The topological polar surface area (TPSA) is 101 Å². The van der Waals surface area contributed by atoms with Crippen molar-refractivity contribution in [1.82, 2.24) is 0 Å². The van der Waals surface area contributed by atoms with Crippen molar-refractivity contribution < 1.29 is 14.5 Å². The largest absolute Gasteiger partial charge is 0.298 e. The SMILES string of the molecule is N#Cc1cc(C(=O)CBr)cc(C=O)c1[N+](=O)[O-]. The van der Waals surface area contributed by atoms with E-state index >= 15 is 0 Å². The third kappa shape index (κ3) is 2.54. The van der Waals surface area contributed by atoms with Crippen LogP contribution in [0, 0.1) is 21.4 Å². The van der Waals surface area contributed by atoms with Crippen molar-refractivity contribution in [1.29, 1.82) is 5.26 Å². The van der Waals surface area contributed by atoms with Crippen molar-refractivity contribution in [2.24, 2.45) is 0 Å². The summed E-state index contributed by atoms with van der Waals surface area (Å²) < 4.78 is 0. The molecule has 0 bridgehead atoms. The Kier molecular flexibility index (Phi) is 4.06. The molecule has 0 heterocycles. The molecule has 0 spiro atoms. The maximum Gasteiger partial charge on any atom is 0.297 e. The molecule has 0 unspecified atom stereocenters. The molecule has 0 radical (unpaired) electrons. The molecule has 0 saturated carbocycles. The Morgan fingerprint density at radius 1 is 1.59 bits per heavy atom. The van der Waals surface area contributed by atoms with E-state index in [1.807, 2.05) is 0 Å². The number of nitro groups is 1. The number of alkyl halides is 1. The summed E-state index contributed by atoms with van der Waals surface area (Å²) >= 11 is 2.94. The Morgan fingerprint density at radius 3 is 2.65 bits per heavy atom. The zero-order valence-corrected chi connectivity index (χ0v) is 9.93. The van der Waals surface area contributed by atoms with Crippen LogP contribution in [-0.2, 0) is 0 Å². The van der Waals surface area contributed by atoms with Gasteiger partial charge in [-0.25, -0.2) is 0 Å². The van der Waals surface area contributed by atoms with Crippen LogP contribution >= 0.6 is 15.9 Å². The number of hydrogen-bond donors (Lipinski definition) is 0. The molecule has 0 aromatic heterocycles. The van der Waals surface area contributed by atoms with Crippen molar-refractivity contribution in [2.75, 3.05) is 5.33 Å². The molecule has 1 aromatic carbocycles. The second kappa shape index (κ2) is 5.32. The molecule has 0 fully saturated rings. The number of benzene rings is 1. The van der Waals surface area contributed by atoms with E-state index in [0.717, 1.165) is 12.1 Å². The Balaban J connectivity index is 3.57. The summed E-state index contributed by atoms with van der Waals surface area (Å²) in [5.74, 6) is -0.362. The van der Waals surface area contributed by atoms with E-state index in [2.05, 4.69) is 15.9 Å². The quantitative estimate of drug-likeness (QED) is 0.277. The number of carbonyl (C=O) groups excluding carboxylic acids is 2. The van der Waals surface area contributed by atoms with Gasteiger partial charge in [-0.2, -0.15) is 5.26 Å². The third-order valence-corrected chi connectivity index (χ3v) is 2.52. The number of Topliss-reactive ketones (excluding diaryl/α,β-unsaturated/α-hetero) is 1. The van der Waals surface area contributed by atoms with E-state index in [-0.39, 0.29) is 34.1 Å². The van der Waals surface area contributed by atoms with Crippen LogP contribution in [0.5, 0.6) is 0 Å². The highest BCUT2D eigenvalue weighted by Crippen LogP contribution is 2.24. The van der Waals surface area contributed by atoms with Gasteiger partial charge in [-0.15, -0.1) is 0 Å². The number of aldehydes is 1. The molecule has 17 heavy (non-hydrogen) atoms. The predicted molar refractivity (Wildman–Crippen MR) is 61.3 cm³/mol. The molecule has 86 valence electrons. The minimum Gasteiger partial charge on any atom is -0.298 e. The molecule has 1 rings (SSSR count). The maximum atomic E-state index is 11.4. The van der Waals surface area contributed by atoms with Crippen molar-refractivity contribution in [3.05, 3.63) is 38.9 Å². The highest BCUT2D eigenvalue weighted by atomic mass is 79.9. The molecule has 7 heteroatoms. The minimum atomic E-state index is -0.815. The predicted octanol–water partition coefficient (Wildman–Crippen LogP) is 1.86. The summed E-state index contributed by atoms with van der Waals surface area (Å²) in [5, 5.41) is 19.5. The van der Waals surface area contributed by atoms with E-state index in [1.165, 1.54) is 0 Å². The lowest BCUT2D eigenvalue weighted by molar-refractivity contribution is -0.385. The molecule has 0 atom stereocenters. The molecular weight excluding hydrogens is 292 g/mol. The summed E-state index contributed by atoms with van der Waals surface area (Å²) in [7, 11) is 0. The van der Waals surface area contributed by atoms with Crippen LogP contribution in [0.25, 0.3) is 0 Å². The van der Waals surface area contributed by atoms with Crippen LogP contribution in [0.15, 0.2) is 12.1 Å². The third-order valence-electron chi connectivity index (χ3n) is 2.01. The zero-order valence-electron chi connectivity index (χ0n) is 8.34. The number of nitro benzene ring substituents is 1. The van der Waals surface area contributed by atoms with Gasteiger partial charge in [0.1, 0.15) is 11.6 Å². The second-order valence-electron chi connectivity index (χ2n) is 3.01. The first kappa shape index (κ1) is 13.0. The van der Waals surface area contributed by atoms with Gasteiger partial charge in [0.15, 0.2) is 12.1 Å². The van der Waals surface area contributed by atoms with Gasteiger partial charge in [0.05, 0.1) is 15.8 Å². The molecule has 0 aliphatic carbocycles. The number of halogens is 1. The standard InChI is InChI=1S/C10H5BrN2O4/c11-3-9(15)6-1-7(4-12)10(13(16)17)8(2-6)5-14/h1-2,5H,3H2. The number of carbonyl (C=O) groups is 2. The first-order chi connectivity index (χ1) is 8.04. The van der Waals surface area contributed by atoms with Gasteiger partial charge < -0.3 is 0 Å². The monoisotopic (exact) mass is 296 g/mol. The van der Waals surface area contributed by atoms with Crippen LogP contribution in [0.4, 0.5) is 5.69 Å². The molecule has 6 nitrogen and oxygen atoms in total. The summed E-state index contributed by atoms with van der Waals surface area (Å²) in [5.41, 5.74) is -1.07. The Morgan fingerprint density at radius 2 is 2.24 bits per heavy atom. The Labute approximate surface area is 104 Å². The summed E-state index contributed by atoms with van der Waals surface area (Å²) in [6.45, 7) is 0. The molecular formula is C10H5BrN2O4. The summed E-state index contributed by atoms with van der Waals surface area (Å²) in [6, 6.07) is 3.82. The first-order valence-corrected chi connectivity index (χ1v) is 5.44. The average Bonchev–Trinajstić information content (AvgIpc) is 2.35. The lowest BCUT2D eigenvalue weighted by Gasteiger charge is -2.02. The number of hydrogen-bond acceptors (Lipinski definition) is 5. The van der Waals surface area contributed by atoms with Crippen molar-refractivity contribution in [3.8, 4) is 6.07 Å². The minimum absolute atomic E-state index is 0.00791. The summed E-state index contributed by atoms with van der Waals surface area (Å²) in [6.07, 6.45) is 0.254. The molecule has 0 aliphatic heterocycles. The molecule has 0 saturated heterocycles. The van der Waals surface area contributed by atoms with Gasteiger partial charge in [-0.1, -0.05) is 15.9 Å². The smallest absolute Gasteiger partial charge is 0.297 e. The van der Waals surface area contributed by atoms with E-state index < -0.39 is 10.6 Å². The maximum absolute atomic E-state index is 11.4. The van der Waals surface area contributed by atoms with Crippen molar-refractivity contribution >= 4 is 33.7 Å². The summed E-state index contributed by atoms with van der Waals surface area (Å²) in [4.78, 5) is 32.0. The highest BCUT2D eigenvalue weighted by molar-refractivity contribution is 9.09. The number of ketones is 1. The van der Waals surface area contributed by atoms with Crippen LogP contribution < -0.4 is 0 Å². The molecule has 1 aromatic rings. The Bertz CT molecular complexity index is 548. The first-order valence-electron chi connectivity index (χ1n) is 4.32. The van der Waals surface area contributed by atoms with Crippen molar-refractivity contribution in [3.63, 3.8) is 0 Å². The highest BCUT2D eigenvalue weighted by Gasteiger charge is 2.22. The van der Waals surface area contributed by atoms with Gasteiger partial charge >= 0.3 is 0 Å². The number of rotatable bonds is 4. The Hall–Kier alpha value is -2.07. The van der Waals surface area contributed by atoms with Crippen LogP contribution in [-0.4, -0.2) is 22.3 Å². The number of nitriles is 1. The van der Waals surface area contributed by atoms with Crippen LogP contribution in [0.1, 0.15) is 26.3 Å². The van der Waals surface area contributed by atoms with E-state index in [0.29, 0.717) is 0 Å². The number of nitrogens with zero attached hydrogens (tertiary/aromatic N) is 2. The second-order valence-corrected chi connectivity index (χ2v) is 3.57. The zero-order chi connectivity index (χ0) is 13.0. The van der Waals surface area contributed by atoms with Crippen molar-refractivity contribution in [2.45, 2.75) is 0 Å². The molecule has 0 N–H and O–H groups in total. The van der Waals surface area contributed by atoms with E-state index in [1.54, 1.807) is 6.07 Å². The van der Waals surface area contributed by atoms with E-state index in [4.69, 9.17) is 5.26 Å². The normalized spacial score (nSPS) is 9.41. The van der Waals surface area contributed by atoms with Crippen LogP contribution in [0.3, 0.4) is 0 Å².